The molecule has 1 aliphatic heterocycles. The Bertz CT molecular complexity index is 243. The molecule has 0 unspecified atom stereocenters. The number of nitrogens with zero attached hydrogens (tertiary/aromatic N) is 4. The fourth-order valence-electron chi connectivity index (χ4n) is 0.822. The molecule has 1 heterocycles. The summed E-state index contributed by atoms with van der Waals surface area (Å²) in [6.07, 6.45) is 0.726. The van der Waals surface area contributed by atoms with Gasteiger partial charge in [-0.15, -0.1) is 22.0 Å². The van der Waals surface area contributed by atoms with Gasteiger partial charge in [0.15, 0.2) is 0 Å². The summed E-state index contributed by atoms with van der Waals surface area (Å²) < 4.78 is 0. The van der Waals surface area contributed by atoms with Gasteiger partial charge in [0.1, 0.15) is 0 Å². The van der Waals surface area contributed by atoms with Crippen molar-refractivity contribution in [3.63, 3.8) is 0 Å². The Morgan fingerprint density at radius 1 is 1.46 bits per heavy atom. The van der Waals surface area contributed by atoms with E-state index >= 15 is 0 Å². The summed E-state index contributed by atoms with van der Waals surface area (Å²) in [6, 6.07) is 0. The van der Waals surface area contributed by atoms with E-state index in [0.29, 0.717) is 5.75 Å². The first-order valence-corrected chi connectivity index (χ1v) is 5.32. The summed E-state index contributed by atoms with van der Waals surface area (Å²) in [6.45, 7) is 1.95. The molecule has 0 saturated heterocycles. The summed E-state index contributed by atoms with van der Waals surface area (Å²) in [5.74, 6) is 0.864. The smallest absolute Gasteiger partial charge is 0.231 e. The number of rotatable bonds is 5. The van der Waals surface area contributed by atoms with Gasteiger partial charge in [-0.05, 0) is 28.5 Å². The minimum atomic E-state index is -0.559. The van der Waals surface area contributed by atoms with Crippen molar-refractivity contribution in [2.45, 2.75) is 19.0 Å². The highest BCUT2D eigenvalue weighted by atomic mass is 35.5. The maximum atomic E-state index is 10.4. The molecule has 13 heavy (non-hydrogen) atoms. The first-order chi connectivity index (χ1) is 6.18. The second-order valence-electron chi connectivity index (χ2n) is 2.56. The van der Waals surface area contributed by atoms with E-state index < -0.39 is 5.66 Å². The Hall–Kier alpha value is -0.490. The average molecular weight is 221 g/mol. The molecule has 7 heteroatoms. The van der Waals surface area contributed by atoms with Crippen LogP contribution in [0.3, 0.4) is 0 Å². The normalized spacial score (nSPS) is 18.0. The van der Waals surface area contributed by atoms with E-state index in [1.807, 2.05) is 6.92 Å². The van der Waals surface area contributed by atoms with Crippen molar-refractivity contribution in [2.24, 2.45) is 20.7 Å². The van der Waals surface area contributed by atoms with Crippen LogP contribution in [0.5, 0.6) is 0 Å². The molecule has 5 nitrogen and oxygen atoms in total. The van der Waals surface area contributed by atoms with Gasteiger partial charge in [-0.2, -0.15) is 0 Å². The van der Waals surface area contributed by atoms with Crippen LogP contribution in [0.4, 0.5) is 0 Å². The van der Waals surface area contributed by atoms with Crippen molar-refractivity contribution >= 4 is 28.6 Å². The predicted molar refractivity (Wildman–Crippen MR) is 50.9 cm³/mol. The van der Waals surface area contributed by atoms with Gasteiger partial charge >= 0.3 is 0 Å². The Balaban J connectivity index is 2.37. The number of thioether (sulfide) groups is 1. The minimum absolute atomic E-state index is 0.272. The molecular formula is C6H9ClN4OS. The molecule has 0 atom stereocenters. The highest BCUT2D eigenvalue weighted by Crippen LogP contribution is 2.28. The molecule has 0 radical (unpaired) electrons. The van der Waals surface area contributed by atoms with Gasteiger partial charge in [-0.3, -0.25) is 4.79 Å². The van der Waals surface area contributed by atoms with Gasteiger partial charge in [-0.1, -0.05) is 6.92 Å². The van der Waals surface area contributed by atoms with Crippen LogP contribution < -0.4 is 0 Å². The SMILES string of the molecule is CCC1(CSCC(=O)Cl)N=NN=N1. The first-order valence-electron chi connectivity index (χ1n) is 3.79. The Kier molecular flexibility index (Phi) is 3.80. The van der Waals surface area contributed by atoms with Crippen LogP contribution in [0, 0.1) is 0 Å². The molecule has 0 bridgehead atoms. The lowest BCUT2D eigenvalue weighted by molar-refractivity contribution is -0.109. The van der Waals surface area contributed by atoms with Crippen molar-refractivity contribution in [1.29, 1.82) is 0 Å². The van der Waals surface area contributed by atoms with Crippen molar-refractivity contribution < 1.29 is 4.79 Å². The van der Waals surface area contributed by atoms with Gasteiger partial charge in [0, 0.05) is 5.75 Å². The second-order valence-corrected chi connectivity index (χ2v) is 3.97. The maximum Gasteiger partial charge on any atom is 0.231 e. The fourth-order valence-corrected chi connectivity index (χ4v) is 1.96. The average Bonchev–Trinajstić information content (AvgIpc) is 2.53. The van der Waals surface area contributed by atoms with Crippen molar-refractivity contribution in [3.8, 4) is 0 Å². The fraction of sp³-hybridized carbons (Fsp3) is 0.833. The molecule has 72 valence electrons. The summed E-state index contributed by atoms with van der Waals surface area (Å²) in [4.78, 5) is 10.4. The van der Waals surface area contributed by atoms with Gasteiger partial charge in [-0.25, -0.2) is 0 Å². The van der Waals surface area contributed by atoms with Gasteiger partial charge < -0.3 is 0 Å². The Labute approximate surface area is 85.0 Å². The Morgan fingerprint density at radius 2 is 2.08 bits per heavy atom. The van der Waals surface area contributed by atoms with E-state index in [1.165, 1.54) is 11.8 Å². The predicted octanol–water partition coefficient (Wildman–Crippen LogP) is 2.42. The van der Waals surface area contributed by atoms with Crippen LogP contribution in [0.2, 0.25) is 0 Å². The van der Waals surface area contributed by atoms with Gasteiger partial charge in [0.25, 0.3) is 0 Å². The largest absolute Gasteiger partial charge is 0.280 e. The van der Waals surface area contributed by atoms with Crippen LogP contribution >= 0.6 is 23.4 Å². The highest BCUT2D eigenvalue weighted by Gasteiger charge is 2.30. The molecule has 0 N–H and O–H groups in total. The molecule has 0 saturated carbocycles. The van der Waals surface area contributed by atoms with Crippen molar-refractivity contribution in [2.75, 3.05) is 11.5 Å². The minimum Gasteiger partial charge on any atom is -0.280 e. The number of carbonyl (C=O) groups is 1. The van der Waals surface area contributed by atoms with E-state index in [2.05, 4.69) is 20.7 Å². The molecule has 0 aromatic heterocycles. The van der Waals surface area contributed by atoms with Crippen molar-refractivity contribution in [3.05, 3.63) is 0 Å². The molecular weight excluding hydrogens is 212 g/mol. The summed E-state index contributed by atoms with van der Waals surface area (Å²) in [5.41, 5.74) is -0.559. The molecule has 0 spiro atoms. The topological polar surface area (TPSA) is 66.5 Å². The van der Waals surface area contributed by atoms with Crippen LogP contribution in [-0.2, 0) is 4.79 Å². The summed E-state index contributed by atoms with van der Waals surface area (Å²) in [5, 5.41) is 14.4. The number of halogens is 1. The third kappa shape index (κ3) is 3.04. The molecule has 0 aromatic rings. The zero-order chi connectivity index (χ0) is 9.73. The lowest BCUT2D eigenvalue weighted by atomic mass is 10.2. The zero-order valence-corrected chi connectivity index (χ0v) is 8.68. The number of hydrogen-bond donors (Lipinski definition) is 0. The first kappa shape index (κ1) is 10.6. The van der Waals surface area contributed by atoms with Gasteiger partial charge in [0.2, 0.25) is 10.9 Å². The zero-order valence-electron chi connectivity index (χ0n) is 7.10. The van der Waals surface area contributed by atoms with Crippen LogP contribution in [0.15, 0.2) is 20.7 Å². The van der Waals surface area contributed by atoms with E-state index in [-0.39, 0.29) is 11.0 Å². The lowest BCUT2D eigenvalue weighted by Gasteiger charge is -2.15. The van der Waals surface area contributed by atoms with Crippen LogP contribution in [0.25, 0.3) is 0 Å². The molecule has 0 aromatic carbocycles. The number of carbonyl (C=O) groups excluding carboxylic acids is 1. The van der Waals surface area contributed by atoms with E-state index in [0.717, 1.165) is 6.42 Å². The summed E-state index contributed by atoms with van der Waals surface area (Å²) in [7, 11) is 0. The third-order valence-electron chi connectivity index (χ3n) is 1.62. The summed E-state index contributed by atoms with van der Waals surface area (Å²) >= 11 is 6.58. The van der Waals surface area contributed by atoms with Gasteiger partial charge in [0.05, 0.1) is 5.75 Å². The Morgan fingerprint density at radius 3 is 2.54 bits per heavy atom. The van der Waals surface area contributed by atoms with E-state index in [4.69, 9.17) is 11.6 Å². The van der Waals surface area contributed by atoms with Crippen molar-refractivity contribution in [1.82, 2.24) is 0 Å². The standard InChI is InChI=1S/C6H9ClN4OS/c1-2-6(8-10-11-9-6)4-13-3-5(7)12/h2-4H2,1H3. The van der Waals surface area contributed by atoms with E-state index in [1.54, 1.807) is 0 Å². The third-order valence-corrected chi connectivity index (χ3v) is 3.04. The quantitative estimate of drug-likeness (QED) is 0.668. The maximum absolute atomic E-state index is 10.4. The monoisotopic (exact) mass is 220 g/mol. The molecule has 0 fully saturated rings. The lowest BCUT2D eigenvalue weighted by Crippen LogP contribution is -2.23. The number of hydrogen-bond acceptors (Lipinski definition) is 6. The van der Waals surface area contributed by atoms with Crippen LogP contribution in [0.1, 0.15) is 13.3 Å². The second kappa shape index (κ2) is 4.66. The van der Waals surface area contributed by atoms with Crippen LogP contribution in [-0.4, -0.2) is 22.4 Å². The molecule has 0 amide bonds. The van der Waals surface area contributed by atoms with E-state index in [9.17, 15) is 4.79 Å². The molecule has 1 aliphatic rings. The molecule has 1 rings (SSSR count). The molecule has 0 aliphatic carbocycles. The highest BCUT2D eigenvalue weighted by molar-refractivity contribution is 8.00.